The van der Waals surface area contributed by atoms with Crippen LogP contribution in [0.15, 0.2) is 41.0 Å². The van der Waals surface area contributed by atoms with Crippen molar-refractivity contribution in [1.29, 1.82) is 0 Å². The van der Waals surface area contributed by atoms with Crippen molar-refractivity contribution < 1.29 is 9.84 Å². The molecule has 0 aliphatic carbocycles. The van der Waals surface area contributed by atoms with Crippen molar-refractivity contribution in [2.75, 3.05) is 7.11 Å². The van der Waals surface area contributed by atoms with E-state index in [1.54, 1.807) is 13.3 Å². The van der Waals surface area contributed by atoms with Gasteiger partial charge in [-0.3, -0.25) is 4.98 Å². The third-order valence-corrected chi connectivity index (χ3v) is 3.62. The van der Waals surface area contributed by atoms with E-state index in [1.165, 1.54) is 0 Å². The van der Waals surface area contributed by atoms with E-state index in [-0.39, 0.29) is 0 Å². The van der Waals surface area contributed by atoms with Crippen molar-refractivity contribution >= 4 is 15.9 Å². The van der Waals surface area contributed by atoms with E-state index in [9.17, 15) is 5.11 Å². The Morgan fingerprint density at radius 3 is 2.84 bits per heavy atom. The summed E-state index contributed by atoms with van der Waals surface area (Å²) in [5, 5.41) is 10.3. The van der Waals surface area contributed by atoms with E-state index >= 15 is 0 Å². The third-order valence-electron chi connectivity index (χ3n) is 2.95. The fraction of sp³-hybridized carbons (Fsp3) is 0.267. The lowest BCUT2D eigenvalue weighted by Crippen LogP contribution is -2.06. The van der Waals surface area contributed by atoms with Crippen LogP contribution in [0.5, 0.6) is 5.75 Å². The summed E-state index contributed by atoms with van der Waals surface area (Å²) >= 11 is 3.41. The Morgan fingerprint density at radius 1 is 1.37 bits per heavy atom. The molecule has 0 fully saturated rings. The minimum absolute atomic E-state index is 0.473. The first-order chi connectivity index (χ1) is 9.11. The molecule has 2 aromatic rings. The van der Waals surface area contributed by atoms with E-state index in [4.69, 9.17) is 4.74 Å². The van der Waals surface area contributed by atoms with E-state index in [0.717, 1.165) is 21.3 Å². The predicted octanol–water partition coefficient (Wildman–Crippen LogP) is 3.44. The van der Waals surface area contributed by atoms with Crippen LogP contribution in [0, 0.1) is 6.92 Å². The summed E-state index contributed by atoms with van der Waals surface area (Å²) in [6.45, 7) is 2.02. The molecule has 1 atom stereocenters. The van der Waals surface area contributed by atoms with E-state index in [0.29, 0.717) is 12.1 Å². The molecule has 1 aromatic heterocycles. The molecule has 3 nitrogen and oxygen atoms in total. The van der Waals surface area contributed by atoms with Crippen LogP contribution in [-0.2, 0) is 6.42 Å². The van der Waals surface area contributed by atoms with Crippen LogP contribution >= 0.6 is 15.9 Å². The average molecular weight is 322 g/mol. The number of aliphatic hydroxyl groups excluding tert-OH is 1. The summed E-state index contributed by atoms with van der Waals surface area (Å²) in [4.78, 5) is 4.21. The molecule has 0 spiro atoms. The van der Waals surface area contributed by atoms with Gasteiger partial charge in [0.25, 0.3) is 0 Å². The first kappa shape index (κ1) is 14.0. The molecule has 0 bridgehead atoms. The van der Waals surface area contributed by atoms with Gasteiger partial charge in [0.05, 0.1) is 12.8 Å². The Kier molecular flexibility index (Phi) is 4.56. The zero-order chi connectivity index (χ0) is 13.8. The van der Waals surface area contributed by atoms with Crippen molar-refractivity contribution in [3.63, 3.8) is 0 Å². The summed E-state index contributed by atoms with van der Waals surface area (Å²) < 4.78 is 6.14. The van der Waals surface area contributed by atoms with Crippen molar-refractivity contribution in [1.82, 2.24) is 4.98 Å². The highest BCUT2D eigenvalue weighted by Gasteiger charge is 2.15. The molecule has 1 N–H and O–H groups in total. The van der Waals surface area contributed by atoms with Gasteiger partial charge in [-0.2, -0.15) is 0 Å². The summed E-state index contributed by atoms with van der Waals surface area (Å²) in [6.07, 6.45) is 1.49. The lowest BCUT2D eigenvalue weighted by molar-refractivity contribution is 0.171. The second-order valence-electron chi connectivity index (χ2n) is 4.41. The molecule has 0 amide bonds. The van der Waals surface area contributed by atoms with Crippen LogP contribution in [0.1, 0.15) is 22.9 Å². The maximum absolute atomic E-state index is 10.3. The molecular formula is C15H16BrNO2. The molecule has 0 saturated carbocycles. The molecule has 100 valence electrons. The Labute approximate surface area is 121 Å². The minimum Gasteiger partial charge on any atom is -0.496 e. The van der Waals surface area contributed by atoms with Gasteiger partial charge in [0.2, 0.25) is 0 Å². The molecular weight excluding hydrogens is 306 g/mol. The number of aliphatic hydroxyl groups is 1. The highest BCUT2D eigenvalue weighted by atomic mass is 79.9. The van der Waals surface area contributed by atoms with Gasteiger partial charge in [0.15, 0.2) is 0 Å². The highest BCUT2D eigenvalue weighted by molar-refractivity contribution is 9.10. The summed E-state index contributed by atoms with van der Waals surface area (Å²) in [6, 6.07) is 9.64. The number of methoxy groups -OCH3 is 1. The number of aromatic nitrogens is 1. The summed E-state index contributed by atoms with van der Waals surface area (Å²) in [7, 11) is 1.64. The molecule has 2 rings (SSSR count). The molecule has 1 heterocycles. The maximum Gasteiger partial charge on any atom is 0.122 e. The molecule has 1 unspecified atom stereocenters. The largest absolute Gasteiger partial charge is 0.496 e. The van der Waals surface area contributed by atoms with Gasteiger partial charge < -0.3 is 9.84 Å². The number of halogens is 1. The number of hydrogen-bond donors (Lipinski definition) is 1. The molecule has 19 heavy (non-hydrogen) atoms. The number of pyridine rings is 1. The van der Waals surface area contributed by atoms with Crippen molar-refractivity contribution in [2.45, 2.75) is 19.4 Å². The standard InChI is InChI=1S/C15H16BrNO2/c1-10-5-6-14(19-2)11(8-10)9-13(18)15-12(16)4-3-7-17-15/h3-8,13,18H,9H2,1-2H3. The van der Waals surface area contributed by atoms with E-state index in [1.807, 2.05) is 37.3 Å². The Hall–Kier alpha value is -1.39. The van der Waals surface area contributed by atoms with E-state index < -0.39 is 6.10 Å². The van der Waals surface area contributed by atoms with Gasteiger partial charge in [-0.05, 0) is 46.6 Å². The number of benzene rings is 1. The Morgan fingerprint density at radius 2 is 2.16 bits per heavy atom. The maximum atomic E-state index is 10.3. The van der Waals surface area contributed by atoms with Gasteiger partial charge in [-0.1, -0.05) is 17.7 Å². The summed E-state index contributed by atoms with van der Waals surface area (Å²) in [5.74, 6) is 0.789. The normalized spacial score (nSPS) is 12.2. The van der Waals surface area contributed by atoms with Crippen LogP contribution in [0.25, 0.3) is 0 Å². The smallest absolute Gasteiger partial charge is 0.122 e. The first-order valence-corrected chi connectivity index (χ1v) is 6.83. The van der Waals surface area contributed by atoms with Gasteiger partial charge in [0, 0.05) is 17.1 Å². The fourth-order valence-electron chi connectivity index (χ4n) is 2.01. The van der Waals surface area contributed by atoms with Crippen LogP contribution in [0.3, 0.4) is 0 Å². The molecule has 0 saturated heterocycles. The zero-order valence-electron chi connectivity index (χ0n) is 10.9. The second kappa shape index (κ2) is 6.17. The summed E-state index contributed by atoms with van der Waals surface area (Å²) in [5.41, 5.74) is 2.77. The number of hydrogen-bond acceptors (Lipinski definition) is 3. The average Bonchev–Trinajstić information content (AvgIpc) is 2.39. The minimum atomic E-state index is -0.661. The second-order valence-corrected chi connectivity index (χ2v) is 5.26. The van der Waals surface area contributed by atoms with Crippen LogP contribution in [0.2, 0.25) is 0 Å². The highest BCUT2D eigenvalue weighted by Crippen LogP contribution is 2.28. The van der Waals surface area contributed by atoms with Crippen molar-refractivity contribution in [2.24, 2.45) is 0 Å². The van der Waals surface area contributed by atoms with Gasteiger partial charge in [-0.15, -0.1) is 0 Å². The van der Waals surface area contributed by atoms with Gasteiger partial charge >= 0.3 is 0 Å². The number of ether oxygens (including phenoxy) is 1. The van der Waals surface area contributed by atoms with Crippen LogP contribution in [-0.4, -0.2) is 17.2 Å². The molecule has 0 aliphatic rings. The SMILES string of the molecule is COc1ccc(C)cc1CC(O)c1ncccc1Br. The Balaban J connectivity index is 2.26. The lowest BCUT2D eigenvalue weighted by Gasteiger charge is -2.14. The number of nitrogens with zero attached hydrogens (tertiary/aromatic N) is 1. The van der Waals surface area contributed by atoms with Gasteiger partial charge in [0.1, 0.15) is 11.9 Å². The van der Waals surface area contributed by atoms with Gasteiger partial charge in [-0.25, -0.2) is 0 Å². The lowest BCUT2D eigenvalue weighted by atomic mass is 10.0. The van der Waals surface area contributed by atoms with Crippen molar-refractivity contribution in [3.8, 4) is 5.75 Å². The molecule has 0 radical (unpaired) electrons. The first-order valence-electron chi connectivity index (χ1n) is 6.04. The van der Waals surface area contributed by atoms with Crippen molar-refractivity contribution in [3.05, 3.63) is 57.8 Å². The van der Waals surface area contributed by atoms with E-state index in [2.05, 4.69) is 20.9 Å². The molecule has 0 aliphatic heterocycles. The third kappa shape index (κ3) is 3.33. The zero-order valence-corrected chi connectivity index (χ0v) is 12.5. The van der Waals surface area contributed by atoms with Crippen LogP contribution < -0.4 is 4.74 Å². The van der Waals surface area contributed by atoms with Crippen LogP contribution in [0.4, 0.5) is 0 Å². The molecule has 4 heteroatoms. The molecule has 1 aromatic carbocycles. The number of aryl methyl sites for hydroxylation is 1. The number of rotatable bonds is 4. The topological polar surface area (TPSA) is 42.4 Å². The Bertz CT molecular complexity index is 572. The quantitative estimate of drug-likeness (QED) is 0.938. The predicted molar refractivity (Wildman–Crippen MR) is 78.3 cm³/mol. The monoisotopic (exact) mass is 321 g/mol. The fourth-order valence-corrected chi connectivity index (χ4v) is 2.53.